The van der Waals surface area contributed by atoms with Gasteiger partial charge in [0.25, 0.3) is 0 Å². The third-order valence-corrected chi connectivity index (χ3v) is 5.88. The molecule has 2 aromatic carbocycles. The molecule has 0 radical (unpaired) electrons. The fraction of sp³-hybridized carbons (Fsp3) is 0.448. The number of hydroxylamine groups is 1. The zero-order valence-electron chi connectivity index (χ0n) is 23.4. The highest BCUT2D eigenvalue weighted by Gasteiger charge is 2.28. The van der Waals surface area contributed by atoms with Crippen molar-refractivity contribution in [2.24, 2.45) is 0 Å². The van der Waals surface area contributed by atoms with Gasteiger partial charge in [-0.3, -0.25) is 24.0 Å². The van der Waals surface area contributed by atoms with Crippen LogP contribution in [-0.2, 0) is 41.7 Å². The first-order valence-electron chi connectivity index (χ1n) is 13.3. The van der Waals surface area contributed by atoms with E-state index in [2.05, 4.69) is 21.4 Å². The van der Waals surface area contributed by atoms with Crippen LogP contribution < -0.4 is 26.2 Å². The lowest BCUT2D eigenvalue weighted by Gasteiger charge is -2.23. The first-order valence-corrected chi connectivity index (χ1v) is 13.3. The maximum Gasteiger partial charge on any atom is 0.246 e. The highest BCUT2D eigenvalue weighted by atomic mass is 16.6. The highest BCUT2D eigenvalue weighted by Crippen LogP contribution is 2.12. The Bertz CT molecular complexity index is 1080. The quantitative estimate of drug-likeness (QED) is 0.162. The Morgan fingerprint density at radius 3 is 2.30 bits per heavy atom. The van der Waals surface area contributed by atoms with Crippen molar-refractivity contribution in [2.75, 3.05) is 27.4 Å². The standard InChI is InChI=1S/C29H40N4O7/c1-4-5-16-40-33-27(35)18-24(31-26(34)15-14-21-10-7-6-8-11-21)29(37)32-25(20-38-2)28(36)30-19-22-12-9-13-23(17-22)39-3/h6-13,17,24-25H,4-5,14-16,18-20H2,1-3H3,(H,30,36)(H,31,34)(H,32,37)(H,33,35)/t24-,25-/m0/s1. The van der Waals surface area contributed by atoms with Crippen LogP contribution in [0.25, 0.3) is 0 Å². The van der Waals surface area contributed by atoms with Gasteiger partial charge in [0.05, 0.1) is 26.7 Å². The largest absolute Gasteiger partial charge is 0.497 e. The minimum Gasteiger partial charge on any atom is -0.497 e. The van der Waals surface area contributed by atoms with Crippen molar-refractivity contribution < 1.29 is 33.5 Å². The number of aryl methyl sites for hydroxylation is 1. The Morgan fingerprint density at radius 1 is 0.850 bits per heavy atom. The third-order valence-electron chi connectivity index (χ3n) is 5.88. The van der Waals surface area contributed by atoms with Gasteiger partial charge in [-0.15, -0.1) is 0 Å². The summed E-state index contributed by atoms with van der Waals surface area (Å²) in [5, 5.41) is 7.99. The number of amides is 4. The summed E-state index contributed by atoms with van der Waals surface area (Å²) in [5.74, 6) is -1.52. The van der Waals surface area contributed by atoms with Crippen LogP contribution in [0.3, 0.4) is 0 Å². The molecule has 0 aliphatic heterocycles. The molecule has 0 spiro atoms. The Kier molecular flexibility index (Phi) is 14.8. The van der Waals surface area contributed by atoms with E-state index in [0.717, 1.165) is 24.0 Å². The minimum absolute atomic E-state index is 0.114. The highest BCUT2D eigenvalue weighted by molar-refractivity contribution is 5.94. The van der Waals surface area contributed by atoms with E-state index in [1.54, 1.807) is 25.3 Å². The molecule has 0 unspecified atom stereocenters. The van der Waals surface area contributed by atoms with E-state index in [4.69, 9.17) is 14.3 Å². The first kappa shape index (κ1) is 32.3. The number of carbonyl (C=O) groups is 4. The van der Waals surface area contributed by atoms with Gasteiger partial charge in [0.1, 0.15) is 17.8 Å². The summed E-state index contributed by atoms with van der Waals surface area (Å²) in [6.45, 7) is 2.39. The molecule has 0 aliphatic rings. The average Bonchev–Trinajstić information content (AvgIpc) is 2.97. The van der Waals surface area contributed by atoms with Gasteiger partial charge in [0.15, 0.2) is 0 Å². The number of nitrogens with one attached hydrogen (secondary N) is 4. The SMILES string of the molecule is CCCCONC(=O)C[C@H](NC(=O)CCc1ccccc1)C(=O)N[C@@H](COC)C(=O)NCc1cccc(OC)c1. The van der Waals surface area contributed by atoms with Gasteiger partial charge in [0.2, 0.25) is 23.6 Å². The predicted octanol–water partition coefficient (Wildman–Crippen LogP) is 1.80. The molecular weight excluding hydrogens is 516 g/mol. The molecule has 4 amide bonds. The van der Waals surface area contributed by atoms with E-state index in [0.29, 0.717) is 18.8 Å². The average molecular weight is 557 g/mol. The lowest BCUT2D eigenvalue weighted by atomic mass is 10.1. The molecule has 2 aromatic rings. The zero-order valence-corrected chi connectivity index (χ0v) is 23.4. The molecule has 2 rings (SSSR count). The maximum absolute atomic E-state index is 13.2. The van der Waals surface area contributed by atoms with Crippen molar-refractivity contribution in [3.8, 4) is 5.75 Å². The van der Waals surface area contributed by atoms with Crippen molar-refractivity contribution in [1.82, 2.24) is 21.4 Å². The topological polar surface area (TPSA) is 144 Å². The second-order valence-corrected chi connectivity index (χ2v) is 9.12. The van der Waals surface area contributed by atoms with E-state index in [1.165, 1.54) is 7.11 Å². The maximum atomic E-state index is 13.2. The number of carbonyl (C=O) groups excluding carboxylic acids is 4. The fourth-order valence-corrected chi connectivity index (χ4v) is 3.67. The fourth-order valence-electron chi connectivity index (χ4n) is 3.67. The van der Waals surface area contributed by atoms with Gasteiger partial charge < -0.3 is 25.4 Å². The van der Waals surface area contributed by atoms with Crippen molar-refractivity contribution in [3.05, 3.63) is 65.7 Å². The number of ether oxygens (including phenoxy) is 2. The van der Waals surface area contributed by atoms with Crippen molar-refractivity contribution in [3.63, 3.8) is 0 Å². The van der Waals surface area contributed by atoms with Crippen LogP contribution in [0.2, 0.25) is 0 Å². The van der Waals surface area contributed by atoms with Gasteiger partial charge in [-0.1, -0.05) is 55.8 Å². The van der Waals surface area contributed by atoms with Gasteiger partial charge in [0, 0.05) is 20.1 Å². The Morgan fingerprint density at radius 2 is 1.60 bits per heavy atom. The summed E-state index contributed by atoms with van der Waals surface area (Å²) in [5.41, 5.74) is 4.07. The lowest BCUT2D eigenvalue weighted by molar-refractivity contribution is -0.138. The van der Waals surface area contributed by atoms with E-state index in [1.807, 2.05) is 43.3 Å². The van der Waals surface area contributed by atoms with E-state index in [-0.39, 0.29) is 26.0 Å². The monoisotopic (exact) mass is 556 g/mol. The molecule has 2 atom stereocenters. The molecule has 0 saturated carbocycles. The minimum atomic E-state index is -1.23. The first-order chi connectivity index (χ1) is 19.4. The van der Waals surface area contributed by atoms with Crippen LogP contribution in [0.15, 0.2) is 54.6 Å². The van der Waals surface area contributed by atoms with Gasteiger partial charge in [-0.2, -0.15) is 0 Å². The van der Waals surface area contributed by atoms with E-state index < -0.39 is 35.7 Å². The second-order valence-electron chi connectivity index (χ2n) is 9.12. The summed E-state index contributed by atoms with van der Waals surface area (Å²) in [4.78, 5) is 56.4. The van der Waals surface area contributed by atoms with Crippen LogP contribution in [0, 0.1) is 0 Å². The van der Waals surface area contributed by atoms with Crippen LogP contribution in [0.1, 0.15) is 43.7 Å². The van der Waals surface area contributed by atoms with Crippen LogP contribution in [-0.4, -0.2) is 63.1 Å². The summed E-state index contributed by atoms with van der Waals surface area (Å²) < 4.78 is 10.3. The van der Waals surface area contributed by atoms with Crippen molar-refractivity contribution in [2.45, 2.75) is 57.7 Å². The lowest BCUT2D eigenvalue weighted by Crippen LogP contribution is -2.56. The molecule has 0 aromatic heterocycles. The van der Waals surface area contributed by atoms with Gasteiger partial charge in [-0.25, -0.2) is 5.48 Å². The molecule has 11 nitrogen and oxygen atoms in total. The zero-order chi connectivity index (χ0) is 29.2. The van der Waals surface area contributed by atoms with E-state index in [9.17, 15) is 19.2 Å². The Labute approximate surface area is 235 Å². The molecular formula is C29H40N4O7. The van der Waals surface area contributed by atoms with Crippen LogP contribution >= 0.6 is 0 Å². The number of benzene rings is 2. The number of hydrogen-bond acceptors (Lipinski definition) is 7. The van der Waals surface area contributed by atoms with Crippen LogP contribution in [0.5, 0.6) is 5.75 Å². The number of methoxy groups -OCH3 is 2. The number of unbranched alkanes of at least 4 members (excludes halogenated alkanes) is 1. The smallest absolute Gasteiger partial charge is 0.246 e. The molecule has 0 heterocycles. The van der Waals surface area contributed by atoms with Crippen molar-refractivity contribution in [1.29, 1.82) is 0 Å². The third kappa shape index (κ3) is 12.3. The Balaban J connectivity index is 2.03. The number of rotatable bonds is 18. The summed E-state index contributed by atoms with van der Waals surface area (Å²) >= 11 is 0. The predicted molar refractivity (Wildman–Crippen MR) is 149 cm³/mol. The molecule has 0 fully saturated rings. The molecule has 4 N–H and O–H groups in total. The number of hydrogen-bond donors (Lipinski definition) is 4. The van der Waals surface area contributed by atoms with Gasteiger partial charge in [-0.05, 0) is 36.1 Å². The summed E-state index contributed by atoms with van der Waals surface area (Å²) in [7, 11) is 2.95. The summed E-state index contributed by atoms with van der Waals surface area (Å²) in [6, 6.07) is 14.4. The van der Waals surface area contributed by atoms with Gasteiger partial charge >= 0.3 is 0 Å². The Hall–Kier alpha value is -3.96. The molecule has 40 heavy (non-hydrogen) atoms. The molecule has 0 aliphatic carbocycles. The van der Waals surface area contributed by atoms with Crippen molar-refractivity contribution >= 4 is 23.6 Å². The summed E-state index contributed by atoms with van der Waals surface area (Å²) in [6.07, 6.45) is 1.85. The molecule has 218 valence electrons. The molecule has 0 saturated heterocycles. The molecule has 11 heteroatoms. The molecule has 0 bridgehead atoms. The normalized spacial score (nSPS) is 12.1. The van der Waals surface area contributed by atoms with Crippen LogP contribution in [0.4, 0.5) is 0 Å². The second kappa shape index (κ2) is 18.3. The van der Waals surface area contributed by atoms with E-state index >= 15 is 0 Å².